The predicted octanol–water partition coefficient (Wildman–Crippen LogP) is 2.77. The lowest BCUT2D eigenvalue weighted by Gasteiger charge is -2.41. The Balaban J connectivity index is 1.55. The molecule has 30 heavy (non-hydrogen) atoms. The molecule has 2 aliphatic rings. The molecule has 1 amide bonds. The highest BCUT2D eigenvalue weighted by molar-refractivity contribution is 6.28. The molecule has 3 heterocycles. The summed E-state index contributed by atoms with van der Waals surface area (Å²) in [6, 6.07) is 12.0. The van der Waals surface area contributed by atoms with Gasteiger partial charge in [0.05, 0.1) is 24.2 Å². The second-order valence-electron chi connectivity index (χ2n) is 7.63. The van der Waals surface area contributed by atoms with E-state index in [0.29, 0.717) is 26.2 Å². The number of benzene rings is 1. The SMILES string of the molecule is N#CC[C@H]1CN(c2nc(Cl)nc3c2CCN(Cc2ccccc2)C3)CCN1C(=O)O. The van der Waals surface area contributed by atoms with E-state index in [2.05, 4.69) is 38.0 Å². The van der Waals surface area contributed by atoms with Crippen LogP contribution in [-0.4, -0.2) is 63.2 Å². The van der Waals surface area contributed by atoms with Gasteiger partial charge in [-0.1, -0.05) is 30.3 Å². The van der Waals surface area contributed by atoms with Crippen LogP contribution in [-0.2, 0) is 19.5 Å². The van der Waals surface area contributed by atoms with Crippen LogP contribution in [0.15, 0.2) is 30.3 Å². The third kappa shape index (κ3) is 4.32. The first kappa shape index (κ1) is 20.4. The average Bonchev–Trinajstić information content (AvgIpc) is 2.73. The minimum Gasteiger partial charge on any atom is -0.465 e. The number of piperazine rings is 1. The zero-order chi connectivity index (χ0) is 21.1. The van der Waals surface area contributed by atoms with E-state index in [1.54, 1.807) is 0 Å². The van der Waals surface area contributed by atoms with Crippen molar-refractivity contribution in [2.24, 2.45) is 0 Å². The predicted molar refractivity (Wildman–Crippen MR) is 112 cm³/mol. The van der Waals surface area contributed by atoms with Crippen LogP contribution in [0.1, 0.15) is 23.2 Å². The van der Waals surface area contributed by atoms with Crippen molar-refractivity contribution in [1.29, 1.82) is 5.26 Å². The summed E-state index contributed by atoms with van der Waals surface area (Å²) in [5.41, 5.74) is 3.25. The van der Waals surface area contributed by atoms with Crippen LogP contribution in [0.5, 0.6) is 0 Å². The molecule has 1 fully saturated rings. The molecule has 0 aliphatic carbocycles. The first-order valence-electron chi connectivity index (χ1n) is 9.98. The molecule has 1 atom stereocenters. The van der Waals surface area contributed by atoms with Crippen molar-refractivity contribution >= 4 is 23.5 Å². The van der Waals surface area contributed by atoms with Crippen molar-refractivity contribution in [3.05, 3.63) is 52.4 Å². The van der Waals surface area contributed by atoms with Gasteiger partial charge in [0.25, 0.3) is 0 Å². The molecule has 0 radical (unpaired) electrons. The number of aromatic nitrogens is 2. The second kappa shape index (κ2) is 8.86. The maximum atomic E-state index is 11.5. The monoisotopic (exact) mass is 426 g/mol. The summed E-state index contributed by atoms with van der Waals surface area (Å²) < 4.78 is 0. The van der Waals surface area contributed by atoms with Gasteiger partial charge in [-0.15, -0.1) is 0 Å². The molecule has 1 aromatic heterocycles. The van der Waals surface area contributed by atoms with Gasteiger partial charge in [-0.25, -0.2) is 14.8 Å². The van der Waals surface area contributed by atoms with Crippen molar-refractivity contribution in [2.45, 2.75) is 32.0 Å². The van der Waals surface area contributed by atoms with E-state index < -0.39 is 6.09 Å². The highest BCUT2D eigenvalue weighted by Crippen LogP contribution is 2.30. The number of rotatable bonds is 4. The molecule has 0 unspecified atom stereocenters. The highest BCUT2D eigenvalue weighted by atomic mass is 35.5. The molecular weight excluding hydrogens is 404 g/mol. The smallest absolute Gasteiger partial charge is 0.407 e. The number of carboxylic acid groups (broad SMARTS) is 1. The summed E-state index contributed by atoms with van der Waals surface area (Å²) in [6.07, 6.45) is -0.0417. The van der Waals surface area contributed by atoms with Crippen molar-refractivity contribution in [1.82, 2.24) is 19.8 Å². The lowest BCUT2D eigenvalue weighted by molar-refractivity contribution is 0.119. The third-order valence-electron chi connectivity index (χ3n) is 5.70. The summed E-state index contributed by atoms with van der Waals surface area (Å²) in [4.78, 5) is 26.2. The standard InChI is InChI=1S/C21H23ClN6O2/c22-20-24-18-14-26(12-15-4-2-1-3-5-15)9-7-17(18)19(25-20)27-10-11-28(21(29)30)16(13-27)6-8-23/h1-5,16H,6-7,9-14H2,(H,29,30)/t16-/m0/s1. The molecule has 2 aliphatic heterocycles. The lowest BCUT2D eigenvalue weighted by atomic mass is 10.0. The Labute approximate surface area is 180 Å². The Hall–Kier alpha value is -2.89. The Morgan fingerprint density at radius 1 is 1.23 bits per heavy atom. The summed E-state index contributed by atoms with van der Waals surface area (Å²) in [5, 5.41) is 18.7. The number of halogens is 1. The summed E-state index contributed by atoms with van der Waals surface area (Å²) in [5.74, 6) is 0.775. The molecule has 8 nitrogen and oxygen atoms in total. The summed E-state index contributed by atoms with van der Waals surface area (Å²) >= 11 is 6.26. The summed E-state index contributed by atoms with van der Waals surface area (Å²) in [7, 11) is 0. The van der Waals surface area contributed by atoms with Crippen LogP contribution in [0.25, 0.3) is 0 Å². The van der Waals surface area contributed by atoms with Crippen molar-refractivity contribution in [3.63, 3.8) is 0 Å². The van der Waals surface area contributed by atoms with Gasteiger partial charge in [0.1, 0.15) is 5.82 Å². The van der Waals surface area contributed by atoms with Crippen LogP contribution in [0.3, 0.4) is 0 Å². The van der Waals surface area contributed by atoms with E-state index >= 15 is 0 Å². The largest absolute Gasteiger partial charge is 0.465 e. The number of carbonyl (C=O) groups is 1. The second-order valence-corrected chi connectivity index (χ2v) is 7.96. The number of fused-ring (bicyclic) bond motifs is 1. The van der Waals surface area contributed by atoms with E-state index in [9.17, 15) is 9.90 Å². The summed E-state index contributed by atoms with van der Waals surface area (Å²) in [6.45, 7) is 3.69. The molecule has 0 spiro atoms. The fourth-order valence-corrected chi connectivity index (χ4v) is 4.44. The van der Waals surface area contributed by atoms with E-state index in [1.807, 2.05) is 18.2 Å². The molecule has 1 N–H and O–H groups in total. The topological polar surface area (TPSA) is 96.6 Å². The van der Waals surface area contributed by atoms with Gasteiger partial charge in [-0.2, -0.15) is 5.26 Å². The fourth-order valence-electron chi connectivity index (χ4n) is 4.25. The maximum Gasteiger partial charge on any atom is 0.407 e. The van der Waals surface area contributed by atoms with Gasteiger partial charge >= 0.3 is 6.09 Å². The van der Waals surface area contributed by atoms with Crippen LogP contribution in [0.4, 0.5) is 10.6 Å². The number of hydrogen-bond donors (Lipinski definition) is 1. The van der Waals surface area contributed by atoms with Crippen molar-refractivity contribution < 1.29 is 9.90 Å². The Bertz CT molecular complexity index is 964. The molecule has 4 rings (SSSR count). The van der Waals surface area contributed by atoms with Gasteiger partial charge in [-0.3, -0.25) is 4.90 Å². The zero-order valence-electron chi connectivity index (χ0n) is 16.5. The van der Waals surface area contributed by atoms with Gasteiger partial charge in [0.15, 0.2) is 0 Å². The van der Waals surface area contributed by atoms with Crippen molar-refractivity contribution in [2.75, 3.05) is 31.1 Å². The van der Waals surface area contributed by atoms with E-state index in [4.69, 9.17) is 16.9 Å². The van der Waals surface area contributed by atoms with Gasteiger partial charge in [-0.05, 0) is 23.6 Å². The molecule has 156 valence electrons. The minimum absolute atomic E-state index is 0.147. The molecule has 1 saturated heterocycles. The first-order chi connectivity index (χ1) is 14.5. The Morgan fingerprint density at radius 2 is 2.03 bits per heavy atom. The molecular formula is C21H23ClN6O2. The van der Waals surface area contributed by atoms with Crippen LogP contribution < -0.4 is 4.90 Å². The first-order valence-corrected chi connectivity index (χ1v) is 10.4. The maximum absolute atomic E-state index is 11.5. The zero-order valence-corrected chi connectivity index (χ0v) is 17.3. The van der Waals surface area contributed by atoms with Crippen LogP contribution in [0.2, 0.25) is 5.28 Å². The average molecular weight is 427 g/mol. The normalized spacial score (nSPS) is 19.3. The molecule has 2 aromatic rings. The van der Waals surface area contributed by atoms with E-state index in [-0.39, 0.29) is 17.7 Å². The Kier molecular flexibility index (Phi) is 6.02. The van der Waals surface area contributed by atoms with Crippen LogP contribution in [0, 0.1) is 11.3 Å². The quantitative estimate of drug-likeness (QED) is 0.750. The van der Waals surface area contributed by atoms with E-state index in [0.717, 1.165) is 36.6 Å². The van der Waals surface area contributed by atoms with Gasteiger partial charge < -0.3 is 14.9 Å². The van der Waals surface area contributed by atoms with E-state index in [1.165, 1.54) is 10.5 Å². The highest BCUT2D eigenvalue weighted by Gasteiger charge is 2.33. The Morgan fingerprint density at radius 3 is 2.77 bits per heavy atom. The number of anilines is 1. The number of nitrogens with zero attached hydrogens (tertiary/aromatic N) is 6. The van der Waals surface area contributed by atoms with Crippen molar-refractivity contribution in [3.8, 4) is 6.07 Å². The molecule has 0 saturated carbocycles. The van der Waals surface area contributed by atoms with Gasteiger partial charge in [0.2, 0.25) is 5.28 Å². The lowest BCUT2D eigenvalue weighted by Crippen LogP contribution is -2.55. The molecule has 0 bridgehead atoms. The fraction of sp³-hybridized carbons (Fsp3) is 0.429. The minimum atomic E-state index is -0.991. The van der Waals surface area contributed by atoms with Gasteiger partial charge in [0, 0.05) is 44.8 Å². The number of amides is 1. The third-order valence-corrected chi connectivity index (χ3v) is 5.87. The number of hydrogen-bond acceptors (Lipinski definition) is 6. The molecule has 1 aromatic carbocycles. The molecule has 9 heteroatoms. The number of nitriles is 1. The van der Waals surface area contributed by atoms with Crippen LogP contribution >= 0.6 is 11.6 Å².